The van der Waals surface area contributed by atoms with Crippen LogP contribution in [0.1, 0.15) is 41.9 Å². The summed E-state index contributed by atoms with van der Waals surface area (Å²) in [5, 5.41) is 3.85. The molecule has 4 rings (SSSR count). The van der Waals surface area contributed by atoms with Crippen LogP contribution in [0.25, 0.3) is 22.0 Å². The molecule has 1 unspecified atom stereocenters. The number of amides is 1. The van der Waals surface area contributed by atoms with Crippen molar-refractivity contribution in [1.29, 1.82) is 0 Å². The molecule has 0 aliphatic rings. The summed E-state index contributed by atoms with van der Waals surface area (Å²) in [4.78, 5) is 32.6. The van der Waals surface area contributed by atoms with Gasteiger partial charge in [-0.25, -0.2) is 9.78 Å². The van der Waals surface area contributed by atoms with Gasteiger partial charge in [-0.05, 0) is 56.5 Å². The molecule has 4 aromatic rings. The smallest absolute Gasteiger partial charge is 0.339 e. The number of para-hydroxylation sites is 2. The minimum absolute atomic E-state index is 0.138. The van der Waals surface area contributed by atoms with Gasteiger partial charge in [-0.3, -0.25) is 4.79 Å². The molecule has 2 aromatic heterocycles. The molecule has 1 atom stereocenters. The van der Waals surface area contributed by atoms with Gasteiger partial charge in [0.1, 0.15) is 11.4 Å². The SMILES string of the molecule is Cc1ccc2c(C)c(CCC(=O)NC(C)c3nc4ccccc4[nH]3)c(=O)oc2c1. The van der Waals surface area contributed by atoms with Crippen molar-refractivity contribution >= 4 is 27.9 Å². The lowest BCUT2D eigenvalue weighted by molar-refractivity contribution is -0.121. The van der Waals surface area contributed by atoms with Crippen LogP contribution in [-0.2, 0) is 11.2 Å². The molecule has 0 saturated carbocycles. The first-order valence-electron chi connectivity index (χ1n) is 9.69. The Bertz CT molecular complexity index is 1240. The van der Waals surface area contributed by atoms with Crippen LogP contribution in [0.4, 0.5) is 0 Å². The second-order valence-corrected chi connectivity index (χ2v) is 7.42. The number of hydrogen-bond donors (Lipinski definition) is 2. The molecular weight excluding hydrogens is 366 g/mol. The fourth-order valence-corrected chi connectivity index (χ4v) is 3.59. The fourth-order valence-electron chi connectivity index (χ4n) is 3.59. The first-order chi connectivity index (χ1) is 13.9. The standard InChI is InChI=1S/C23H23N3O3/c1-13-8-9-16-14(2)17(23(28)29-20(16)12-13)10-11-21(27)24-15(3)22-25-18-6-4-5-7-19(18)26-22/h4-9,12,15H,10-11H2,1-3H3,(H,24,27)(H,25,26). The van der Waals surface area contributed by atoms with Crippen LogP contribution in [0.15, 0.2) is 51.7 Å². The minimum atomic E-state index is -0.376. The van der Waals surface area contributed by atoms with Gasteiger partial charge in [0.25, 0.3) is 0 Å². The van der Waals surface area contributed by atoms with Gasteiger partial charge in [0.05, 0.1) is 17.1 Å². The number of carbonyl (C=O) groups is 1. The molecule has 1 amide bonds. The predicted molar refractivity (Wildman–Crippen MR) is 113 cm³/mol. The third-order valence-electron chi connectivity index (χ3n) is 5.24. The topological polar surface area (TPSA) is 88.0 Å². The van der Waals surface area contributed by atoms with Crippen molar-refractivity contribution in [2.75, 3.05) is 0 Å². The van der Waals surface area contributed by atoms with Crippen LogP contribution >= 0.6 is 0 Å². The first-order valence-corrected chi connectivity index (χ1v) is 9.69. The van der Waals surface area contributed by atoms with Crippen molar-refractivity contribution in [3.8, 4) is 0 Å². The Morgan fingerprint density at radius 3 is 2.79 bits per heavy atom. The van der Waals surface area contributed by atoms with Crippen molar-refractivity contribution in [3.63, 3.8) is 0 Å². The van der Waals surface area contributed by atoms with Crippen molar-refractivity contribution in [3.05, 3.63) is 75.4 Å². The van der Waals surface area contributed by atoms with E-state index in [1.807, 2.05) is 63.2 Å². The molecule has 148 valence electrons. The molecule has 2 aromatic carbocycles. The van der Waals surface area contributed by atoms with Gasteiger partial charge in [-0.15, -0.1) is 0 Å². The number of nitrogens with one attached hydrogen (secondary N) is 2. The van der Waals surface area contributed by atoms with E-state index in [1.54, 1.807) is 0 Å². The first kappa shape index (κ1) is 18.9. The molecule has 0 aliphatic carbocycles. The summed E-state index contributed by atoms with van der Waals surface area (Å²) < 4.78 is 5.47. The molecule has 0 aliphatic heterocycles. The van der Waals surface area contributed by atoms with Crippen molar-refractivity contribution < 1.29 is 9.21 Å². The number of fused-ring (bicyclic) bond motifs is 2. The van der Waals surface area contributed by atoms with E-state index >= 15 is 0 Å². The van der Waals surface area contributed by atoms with Gasteiger partial charge in [-0.2, -0.15) is 0 Å². The molecule has 2 heterocycles. The Morgan fingerprint density at radius 1 is 1.21 bits per heavy atom. The molecule has 0 saturated heterocycles. The maximum absolute atomic E-state index is 12.5. The molecule has 0 fully saturated rings. The Balaban J connectivity index is 1.46. The maximum atomic E-state index is 12.5. The summed E-state index contributed by atoms with van der Waals surface area (Å²) in [5.41, 5.74) is 4.46. The summed E-state index contributed by atoms with van der Waals surface area (Å²) in [6, 6.07) is 13.3. The van der Waals surface area contributed by atoms with Crippen LogP contribution in [-0.4, -0.2) is 15.9 Å². The molecule has 6 nitrogen and oxygen atoms in total. The van der Waals surface area contributed by atoms with Crippen LogP contribution in [0, 0.1) is 13.8 Å². The van der Waals surface area contributed by atoms with E-state index in [0.717, 1.165) is 27.5 Å². The molecular formula is C23H23N3O3. The molecule has 29 heavy (non-hydrogen) atoms. The second kappa shape index (κ2) is 7.54. The van der Waals surface area contributed by atoms with Gasteiger partial charge in [0, 0.05) is 17.4 Å². The summed E-state index contributed by atoms with van der Waals surface area (Å²) >= 11 is 0. The number of H-pyrrole nitrogens is 1. The number of benzene rings is 2. The van der Waals surface area contributed by atoms with Crippen molar-refractivity contribution in [2.45, 2.75) is 39.7 Å². The van der Waals surface area contributed by atoms with E-state index in [4.69, 9.17) is 4.42 Å². The van der Waals surface area contributed by atoms with E-state index in [2.05, 4.69) is 15.3 Å². The second-order valence-electron chi connectivity index (χ2n) is 7.42. The Hall–Kier alpha value is -3.41. The van der Waals surface area contributed by atoms with Gasteiger partial charge in [0.15, 0.2) is 0 Å². The van der Waals surface area contributed by atoms with Crippen LogP contribution < -0.4 is 10.9 Å². The monoisotopic (exact) mass is 389 g/mol. The lowest BCUT2D eigenvalue weighted by Gasteiger charge is -2.12. The quantitative estimate of drug-likeness (QED) is 0.503. The van der Waals surface area contributed by atoms with Gasteiger partial charge in [-0.1, -0.05) is 24.3 Å². The average Bonchev–Trinajstić information content (AvgIpc) is 3.12. The number of hydrogen-bond acceptors (Lipinski definition) is 4. The highest BCUT2D eigenvalue weighted by molar-refractivity contribution is 5.82. The highest BCUT2D eigenvalue weighted by Gasteiger charge is 2.16. The van der Waals surface area contributed by atoms with E-state index in [9.17, 15) is 9.59 Å². The van der Waals surface area contributed by atoms with Gasteiger partial charge >= 0.3 is 5.63 Å². The molecule has 0 radical (unpaired) electrons. The normalized spacial score (nSPS) is 12.4. The van der Waals surface area contributed by atoms with E-state index in [-0.39, 0.29) is 24.0 Å². The summed E-state index contributed by atoms with van der Waals surface area (Å²) in [5.74, 6) is 0.567. The van der Waals surface area contributed by atoms with E-state index < -0.39 is 0 Å². The number of carbonyl (C=O) groups excluding carboxylic acids is 1. The van der Waals surface area contributed by atoms with E-state index in [0.29, 0.717) is 23.4 Å². The molecule has 2 N–H and O–H groups in total. The fraction of sp³-hybridized carbons (Fsp3) is 0.261. The lowest BCUT2D eigenvalue weighted by atomic mass is 10.0. The number of aromatic amines is 1. The zero-order chi connectivity index (χ0) is 20.5. The lowest BCUT2D eigenvalue weighted by Crippen LogP contribution is -2.28. The maximum Gasteiger partial charge on any atom is 0.339 e. The number of imidazole rings is 1. The zero-order valence-electron chi connectivity index (χ0n) is 16.7. The Morgan fingerprint density at radius 2 is 2.00 bits per heavy atom. The zero-order valence-corrected chi connectivity index (χ0v) is 16.7. The highest BCUT2D eigenvalue weighted by Crippen LogP contribution is 2.21. The highest BCUT2D eigenvalue weighted by atomic mass is 16.4. The summed E-state index contributed by atoms with van der Waals surface area (Å²) in [6.45, 7) is 5.74. The number of rotatable bonds is 5. The Kier molecular flexibility index (Phi) is 4.92. The predicted octanol–water partition coefficient (Wildman–Crippen LogP) is 4.10. The largest absolute Gasteiger partial charge is 0.423 e. The van der Waals surface area contributed by atoms with Gasteiger partial charge < -0.3 is 14.7 Å². The minimum Gasteiger partial charge on any atom is -0.423 e. The van der Waals surface area contributed by atoms with Crippen LogP contribution in [0.5, 0.6) is 0 Å². The number of nitrogens with zero attached hydrogens (tertiary/aromatic N) is 1. The molecule has 0 bridgehead atoms. The Labute approximate surface area is 168 Å². The van der Waals surface area contributed by atoms with Crippen LogP contribution in [0.2, 0.25) is 0 Å². The average molecular weight is 389 g/mol. The molecule has 0 spiro atoms. The summed E-state index contributed by atoms with van der Waals surface area (Å²) in [7, 11) is 0. The molecule has 6 heteroatoms. The third kappa shape index (κ3) is 3.78. The van der Waals surface area contributed by atoms with Crippen molar-refractivity contribution in [2.24, 2.45) is 0 Å². The summed E-state index contributed by atoms with van der Waals surface area (Å²) in [6.07, 6.45) is 0.532. The number of aromatic nitrogens is 2. The third-order valence-corrected chi connectivity index (χ3v) is 5.24. The van der Waals surface area contributed by atoms with Gasteiger partial charge in [0.2, 0.25) is 5.91 Å². The van der Waals surface area contributed by atoms with Crippen LogP contribution in [0.3, 0.4) is 0 Å². The number of aryl methyl sites for hydroxylation is 2. The van der Waals surface area contributed by atoms with Crippen molar-refractivity contribution in [1.82, 2.24) is 15.3 Å². The van der Waals surface area contributed by atoms with E-state index in [1.165, 1.54) is 0 Å².